The van der Waals surface area contributed by atoms with Crippen molar-refractivity contribution in [3.8, 4) is 0 Å². The number of nitrogens with one attached hydrogen (secondary N) is 1. The zero-order chi connectivity index (χ0) is 13.1. The van der Waals surface area contributed by atoms with E-state index in [2.05, 4.69) is 10.3 Å². The molecule has 0 spiro atoms. The third-order valence-electron chi connectivity index (χ3n) is 2.42. The molecule has 0 saturated carbocycles. The first kappa shape index (κ1) is 12.8. The number of nitrogens with zero attached hydrogens (tertiary/aromatic N) is 1. The zero-order valence-electron chi connectivity index (χ0n) is 10.1. The van der Waals surface area contributed by atoms with Crippen molar-refractivity contribution in [1.29, 1.82) is 0 Å². The minimum absolute atomic E-state index is 0.197. The summed E-state index contributed by atoms with van der Waals surface area (Å²) in [6, 6.07) is 5.31. The van der Waals surface area contributed by atoms with Gasteiger partial charge in [-0.05, 0) is 31.4 Å². The van der Waals surface area contributed by atoms with Gasteiger partial charge in [-0.2, -0.15) is 16.7 Å². The van der Waals surface area contributed by atoms with Gasteiger partial charge in [0.05, 0.1) is 5.56 Å². The normalized spacial score (nSPS) is 12.6. The average molecular weight is 266 g/mol. The van der Waals surface area contributed by atoms with Crippen molar-refractivity contribution in [3.63, 3.8) is 0 Å². The smallest absolute Gasteiger partial charge is 0.335 e. The lowest BCUT2D eigenvalue weighted by Crippen LogP contribution is -2.17. The van der Waals surface area contributed by atoms with E-state index < -0.39 is 5.97 Å². The van der Waals surface area contributed by atoms with Gasteiger partial charge in [0.2, 0.25) is 0 Å². The molecule has 1 aromatic carbocycles. The maximum atomic E-state index is 10.8. The highest BCUT2D eigenvalue weighted by Crippen LogP contribution is 2.21. The van der Waals surface area contributed by atoms with Crippen LogP contribution in [0.2, 0.25) is 0 Å². The third kappa shape index (κ3) is 2.76. The molecule has 0 aliphatic rings. The number of aromatic carboxylic acids is 1. The van der Waals surface area contributed by atoms with Gasteiger partial charge >= 0.3 is 5.97 Å². The second kappa shape index (κ2) is 5.30. The zero-order valence-corrected chi connectivity index (χ0v) is 11.0. The number of rotatable bonds is 5. The van der Waals surface area contributed by atoms with E-state index in [0.717, 1.165) is 5.75 Å². The number of benzene rings is 1. The molecule has 5 nitrogen and oxygen atoms in total. The van der Waals surface area contributed by atoms with Crippen LogP contribution in [-0.2, 0) is 0 Å². The maximum Gasteiger partial charge on any atom is 0.335 e. The summed E-state index contributed by atoms with van der Waals surface area (Å²) in [5.41, 5.74) is 1.33. The van der Waals surface area contributed by atoms with Crippen LogP contribution in [0.1, 0.15) is 17.3 Å². The molecule has 0 saturated heterocycles. The number of carbonyl (C=O) groups is 1. The fraction of sp³-hybridized carbons (Fsp3) is 0.333. The minimum atomic E-state index is -0.974. The summed E-state index contributed by atoms with van der Waals surface area (Å²) in [7, 11) is 0. The second-order valence-electron chi connectivity index (χ2n) is 4.01. The standard InChI is InChI=1S/C12H14N2O3S/c1-7(6-18-2)13-12-14-9-4-3-8(11(15)16)5-10(9)17-12/h3-5,7H,6H2,1-2H3,(H,13,14)(H,15,16). The Bertz CT molecular complexity index is 567. The molecule has 2 rings (SSSR count). The predicted molar refractivity (Wildman–Crippen MR) is 72.4 cm³/mol. The highest BCUT2D eigenvalue weighted by molar-refractivity contribution is 7.98. The highest BCUT2D eigenvalue weighted by Gasteiger charge is 2.11. The molecule has 0 aliphatic heterocycles. The lowest BCUT2D eigenvalue weighted by molar-refractivity contribution is 0.0697. The Hall–Kier alpha value is -1.69. The number of fused-ring (bicyclic) bond motifs is 1. The molecule has 1 heterocycles. The van der Waals surface area contributed by atoms with Crippen LogP contribution in [-0.4, -0.2) is 34.1 Å². The first-order valence-corrected chi connectivity index (χ1v) is 6.89. The lowest BCUT2D eigenvalue weighted by atomic mass is 10.2. The molecule has 18 heavy (non-hydrogen) atoms. The number of hydrogen-bond acceptors (Lipinski definition) is 5. The first-order chi connectivity index (χ1) is 8.60. The summed E-state index contributed by atoms with van der Waals surface area (Å²) in [6.07, 6.45) is 2.03. The quantitative estimate of drug-likeness (QED) is 0.866. The monoisotopic (exact) mass is 266 g/mol. The van der Waals surface area contributed by atoms with Crippen molar-refractivity contribution in [3.05, 3.63) is 23.8 Å². The Morgan fingerprint density at radius 1 is 1.61 bits per heavy atom. The topological polar surface area (TPSA) is 75.4 Å². The summed E-state index contributed by atoms with van der Waals surface area (Å²) in [4.78, 5) is 15.1. The molecule has 0 amide bonds. The van der Waals surface area contributed by atoms with E-state index >= 15 is 0 Å². The Morgan fingerprint density at radius 3 is 3.06 bits per heavy atom. The Morgan fingerprint density at radius 2 is 2.39 bits per heavy atom. The summed E-state index contributed by atoms with van der Waals surface area (Å²) in [5, 5.41) is 12.0. The van der Waals surface area contributed by atoms with Crippen LogP contribution in [0.15, 0.2) is 22.6 Å². The Labute approximate surface area is 109 Å². The van der Waals surface area contributed by atoms with Gasteiger partial charge in [-0.25, -0.2) is 4.79 Å². The van der Waals surface area contributed by atoms with Gasteiger partial charge in [-0.3, -0.25) is 0 Å². The van der Waals surface area contributed by atoms with Crippen LogP contribution in [0.5, 0.6) is 0 Å². The average Bonchev–Trinajstić information content (AvgIpc) is 2.69. The van der Waals surface area contributed by atoms with E-state index in [9.17, 15) is 4.79 Å². The second-order valence-corrected chi connectivity index (χ2v) is 4.92. The summed E-state index contributed by atoms with van der Waals surface area (Å²) >= 11 is 1.73. The summed E-state index contributed by atoms with van der Waals surface area (Å²) in [5.74, 6) is -0.0300. The van der Waals surface area contributed by atoms with E-state index in [1.807, 2.05) is 13.2 Å². The molecule has 0 radical (unpaired) electrons. The van der Waals surface area contributed by atoms with Crippen LogP contribution in [0.25, 0.3) is 11.1 Å². The Balaban J connectivity index is 2.24. The fourth-order valence-electron chi connectivity index (χ4n) is 1.62. The molecule has 6 heteroatoms. The van der Waals surface area contributed by atoms with Crippen molar-refractivity contribution in [2.75, 3.05) is 17.3 Å². The number of aromatic nitrogens is 1. The van der Waals surface area contributed by atoms with Crippen LogP contribution in [0, 0.1) is 0 Å². The molecular formula is C12H14N2O3S. The maximum absolute atomic E-state index is 10.8. The third-order valence-corrected chi connectivity index (χ3v) is 3.26. The van der Waals surface area contributed by atoms with Crippen molar-refractivity contribution < 1.29 is 14.3 Å². The predicted octanol–water partition coefficient (Wildman–Crippen LogP) is 2.69. The molecule has 0 bridgehead atoms. The van der Waals surface area contributed by atoms with Crippen molar-refractivity contribution in [2.45, 2.75) is 13.0 Å². The molecule has 1 aromatic heterocycles. The Kier molecular flexibility index (Phi) is 3.76. The van der Waals surface area contributed by atoms with Gasteiger partial charge in [-0.15, -0.1) is 0 Å². The number of anilines is 1. The number of carboxylic acid groups (broad SMARTS) is 1. The number of carboxylic acids is 1. The highest BCUT2D eigenvalue weighted by atomic mass is 32.2. The van der Waals surface area contributed by atoms with Crippen molar-refractivity contribution in [2.24, 2.45) is 0 Å². The van der Waals surface area contributed by atoms with E-state index in [4.69, 9.17) is 9.52 Å². The molecule has 96 valence electrons. The molecule has 0 fully saturated rings. The SMILES string of the molecule is CSCC(C)Nc1nc2ccc(C(=O)O)cc2o1. The molecular weight excluding hydrogens is 252 g/mol. The summed E-state index contributed by atoms with van der Waals surface area (Å²) < 4.78 is 5.48. The number of thioether (sulfide) groups is 1. The lowest BCUT2D eigenvalue weighted by Gasteiger charge is -2.09. The van der Waals surface area contributed by atoms with E-state index in [1.54, 1.807) is 17.8 Å². The number of hydrogen-bond donors (Lipinski definition) is 2. The minimum Gasteiger partial charge on any atom is -0.478 e. The van der Waals surface area contributed by atoms with Gasteiger partial charge in [0.1, 0.15) is 5.52 Å². The van der Waals surface area contributed by atoms with Gasteiger partial charge in [-0.1, -0.05) is 0 Å². The van der Waals surface area contributed by atoms with Gasteiger partial charge in [0, 0.05) is 11.8 Å². The van der Waals surface area contributed by atoms with Crippen molar-refractivity contribution >= 4 is 34.8 Å². The van der Waals surface area contributed by atoms with Crippen LogP contribution >= 0.6 is 11.8 Å². The molecule has 2 N–H and O–H groups in total. The van der Waals surface area contributed by atoms with Crippen LogP contribution < -0.4 is 5.32 Å². The first-order valence-electron chi connectivity index (χ1n) is 5.49. The van der Waals surface area contributed by atoms with E-state index in [0.29, 0.717) is 17.1 Å². The van der Waals surface area contributed by atoms with E-state index in [1.165, 1.54) is 12.1 Å². The largest absolute Gasteiger partial charge is 0.478 e. The fourth-order valence-corrected chi connectivity index (χ4v) is 2.21. The van der Waals surface area contributed by atoms with Gasteiger partial charge in [0.15, 0.2) is 5.58 Å². The number of oxazole rings is 1. The van der Waals surface area contributed by atoms with Crippen molar-refractivity contribution in [1.82, 2.24) is 4.98 Å². The van der Waals surface area contributed by atoms with Crippen LogP contribution in [0.3, 0.4) is 0 Å². The van der Waals surface area contributed by atoms with Gasteiger partial charge in [0.25, 0.3) is 6.01 Å². The molecule has 2 aromatic rings. The summed E-state index contributed by atoms with van der Waals surface area (Å²) in [6.45, 7) is 2.04. The van der Waals surface area contributed by atoms with E-state index in [-0.39, 0.29) is 11.6 Å². The molecule has 1 unspecified atom stereocenters. The van der Waals surface area contributed by atoms with Gasteiger partial charge < -0.3 is 14.8 Å². The molecule has 0 aliphatic carbocycles. The molecule has 1 atom stereocenters. The van der Waals surface area contributed by atoms with Crippen LogP contribution in [0.4, 0.5) is 6.01 Å².